The molecule has 15 heavy (non-hydrogen) atoms. The average molecular weight is 209 g/mol. The summed E-state index contributed by atoms with van der Waals surface area (Å²) in [4.78, 5) is 11.2. The van der Waals surface area contributed by atoms with Gasteiger partial charge in [0.25, 0.3) is 0 Å². The molecule has 4 heteroatoms. The van der Waals surface area contributed by atoms with Crippen LogP contribution in [0.15, 0.2) is 24.3 Å². The van der Waals surface area contributed by atoms with Gasteiger partial charge in [-0.2, -0.15) is 0 Å². The number of piperidine rings is 1. The van der Waals surface area contributed by atoms with Gasteiger partial charge in [-0.1, -0.05) is 12.1 Å². The van der Waals surface area contributed by atoms with Crippen LogP contribution in [0.5, 0.6) is 0 Å². The van der Waals surface area contributed by atoms with E-state index in [4.69, 9.17) is 0 Å². The summed E-state index contributed by atoms with van der Waals surface area (Å²) in [6.45, 7) is 0.265. The number of β-amino-alcohol motifs (C(OH)–C–C–N with tert-alkyl or cyclic N) is 1. The van der Waals surface area contributed by atoms with Gasteiger partial charge in [0.1, 0.15) is 5.82 Å². The fourth-order valence-corrected chi connectivity index (χ4v) is 1.82. The lowest BCUT2D eigenvalue weighted by atomic mass is 9.87. The molecule has 1 aliphatic rings. The van der Waals surface area contributed by atoms with E-state index in [0.29, 0.717) is 0 Å². The van der Waals surface area contributed by atoms with E-state index in [0.717, 1.165) is 5.56 Å². The molecular weight excluding hydrogens is 197 g/mol. The van der Waals surface area contributed by atoms with Crippen molar-refractivity contribution in [3.05, 3.63) is 35.6 Å². The maximum absolute atomic E-state index is 12.7. The highest BCUT2D eigenvalue weighted by molar-refractivity contribution is 5.78. The summed E-state index contributed by atoms with van der Waals surface area (Å²) in [6, 6.07) is 5.91. The predicted molar refractivity (Wildman–Crippen MR) is 52.8 cm³/mol. The first-order chi connectivity index (χ1) is 7.16. The standard InChI is InChI=1S/C11H12FNO2/c12-8-3-1-7(2-4-8)9-5-11(15)13-6-10(9)14/h1-4,9-10,14H,5-6H2,(H,13,15)/t9-,10-/m0/s1. The lowest BCUT2D eigenvalue weighted by Gasteiger charge is -2.27. The van der Waals surface area contributed by atoms with Crippen molar-refractivity contribution in [3.63, 3.8) is 0 Å². The molecule has 1 saturated heterocycles. The highest BCUT2D eigenvalue weighted by Gasteiger charge is 2.28. The van der Waals surface area contributed by atoms with Crippen LogP contribution in [0.1, 0.15) is 17.9 Å². The number of amides is 1. The molecule has 1 amide bonds. The molecule has 2 atom stereocenters. The Balaban J connectivity index is 2.21. The van der Waals surface area contributed by atoms with Gasteiger partial charge in [0.2, 0.25) is 5.91 Å². The van der Waals surface area contributed by atoms with Crippen molar-refractivity contribution in [2.45, 2.75) is 18.4 Å². The average Bonchev–Trinajstić information content (AvgIpc) is 2.23. The van der Waals surface area contributed by atoms with Crippen molar-refractivity contribution in [2.75, 3.05) is 6.54 Å². The topological polar surface area (TPSA) is 49.3 Å². The number of carbonyl (C=O) groups is 1. The number of halogens is 1. The van der Waals surface area contributed by atoms with Gasteiger partial charge in [-0.15, -0.1) is 0 Å². The van der Waals surface area contributed by atoms with Gasteiger partial charge >= 0.3 is 0 Å². The lowest BCUT2D eigenvalue weighted by Crippen LogP contribution is -2.42. The second kappa shape index (κ2) is 3.98. The van der Waals surface area contributed by atoms with Gasteiger partial charge in [0, 0.05) is 18.9 Å². The zero-order valence-corrected chi connectivity index (χ0v) is 8.11. The van der Waals surface area contributed by atoms with Crippen LogP contribution in [0, 0.1) is 5.82 Å². The smallest absolute Gasteiger partial charge is 0.220 e. The Morgan fingerprint density at radius 2 is 2.00 bits per heavy atom. The summed E-state index contributed by atoms with van der Waals surface area (Å²) >= 11 is 0. The van der Waals surface area contributed by atoms with Crippen molar-refractivity contribution in [2.24, 2.45) is 0 Å². The number of rotatable bonds is 1. The third-order valence-corrected chi connectivity index (χ3v) is 2.68. The Morgan fingerprint density at radius 1 is 1.33 bits per heavy atom. The fourth-order valence-electron chi connectivity index (χ4n) is 1.82. The fraction of sp³-hybridized carbons (Fsp3) is 0.364. The summed E-state index contributed by atoms with van der Waals surface area (Å²) in [6.07, 6.45) is -0.333. The van der Waals surface area contributed by atoms with Crippen molar-refractivity contribution in [3.8, 4) is 0 Å². The minimum atomic E-state index is -0.590. The maximum Gasteiger partial charge on any atom is 0.220 e. The molecule has 2 N–H and O–H groups in total. The molecule has 0 saturated carbocycles. The number of hydrogen-bond donors (Lipinski definition) is 2. The van der Waals surface area contributed by atoms with Crippen molar-refractivity contribution < 1.29 is 14.3 Å². The molecule has 0 aromatic heterocycles. The van der Waals surface area contributed by atoms with Crippen LogP contribution in [0.25, 0.3) is 0 Å². The third-order valence-electron chi connectivity index (χ3n) is 2.68. The van der Waals surface area contributed by atoms with Crippen molar-refractivity contribution in [1.29, 1.82) is 0 Å². The van der Waals surface area contributed by atoms with Gasteiger partial charge in [0.05, 0.1) is 6.10 Å². The Labute approximate surface area is 86.9 Å². The zero-order chi connectivity index (χ0) is 10.8. The van der Waals surface area contributed by atoms with E-state index in [1.807, 2.05) is 0 Å². The molecule has 0 bridgehead atoms. The minimum absolute atomic E-state index is 0.0744. The highest BCUT2D eigenvalue weighted by atomic mass is 19.1. The Hall–Kier alpha value is -1.42. The quantitative estimate of drug-likeness (QED) is 0.718. The van der Waals surface area contributed by atoms with Gasteiger partial charge in [0.15, 0.2) is 0 Å². The van der Waals surface area contributed by atoms with Crippen LogP contribution >= 0.6 is 0 Å². The van der Waals surface area contributed by atoms with Crippen molar-refractivity contribution in [1.82, 2.24) is 5.32 Å². The Morgan fingerprint density at radius 3 is 2.67 bits per heavy atom. The van der Waals surface area contributed by atoms with E-state index in [9.17, 15) is 14.3 Å². The molecule has 1 fully saturated rings. The molecule has 0 aliphatic carbocycles. The summed E-state index contributed by atoms with van der Waals surface area (Å²) in [5.41, 5.74) is 0.804. The normalized spacial score (nSPS) is 26.1. The van der Waals surface area contributed by atoms with Gasteiger partial charge < -0.3 is 10.4 Å². The molecule has 3 nitrogen and oxygen atoms in total. The maximum atomic E-state index is 12.7. The van der Waals surface area contributed by atoms with Crippen molar-refractivity contribution >= 4 is 5.91 Å². The van der Waals surface area contributed by atoms with E-state index >= 15 is 0 Å². The number of carbonyl (C=O) groups excluding carboxylic acids is 1. The number of aliphatic hydroxyl groups excluding tert-OH is 1. The molecule has 80 valence electrons. The van der Waals surface area contributed by atoms with E-state index in [1.54, 1.807) is 12.1 Å². The molecule has 1 aromatic carbocycles. The molecule has 0 radical (unpaired) electrons. The Kier molecular flexibility index (Phi) is 2.68. The lowest BCUT2D eigenvalue weighted by molar-refractivity contribution is -0.124. The molecule has 2 rings (SSSR count). The first-order valence-electron chi connectivity index (χ1n) is 4.87. The van der Waals surface area contributed by atoms with E-state index in [1.165, 1.54) is 12.1 Å². The molecule has 1 aromatic rings. The monoisotopic (exact) mass is 209 g/mol. The summed E-state index contributed by atoms with van der Waals surface area (Å²) in [5.74, 6) is -0.609. The van der Waals surface area contributed by atoms with Gasteiger partial charge in [-0.25, -0.2) is 4.39 Å². The zero-order valence-electron chi connectivity index (χ0n) is 8.11. The molecule has 0 spiro atoms. The van der Waals surface area contributed by atoms with Gasteiger partial charge in [-0.05, 0) is 17.7 Å². The number of nitrogens with one attached hydrogen (secondary N) is 1. The second-order valence-electron chi connectivity index (χ2n) is 3.73. The molecule has 1 aliphatic heterocycles. The number of aliphatic hydroxyl groups is 1. The van der Waals surface area contributed by atoms with Crippen LogP contribution < -0.4 is 5.32 Å². The van der Waals surface area contributed by atoms with Crippen LogP contribution in [0.4, 0.5) is 4.39 Å². The number of hydrogen-bond acceptors (Lipinski definition) is 2. The van der Waals surface area contributed by atoms with E-state index in [2.05, 4.69) is 5.32 Å². The molecule has 1 heterocycles. The summed E-state index contributed by atoms with van der Waals surface area (Å²) < 4.78 is 12.7. The van der Waals surface area contributed by atoms with Crippen LogP contribution in [0.2, 0.25) is 0 Å². The second-order valence-corrected chi connectivity index (χ2v) is 3.73. The largest absolute Gasteiger partial charge is 0.391 e. The van der Waals surface area contributed by atoms with Crippen LogP contribution in [-0.2, 0) is 4.79 Å². The van der Waals surface area contributed by atoms with E-state index in [-0.39, 0.29) is 30.6 Å². The number of benzene rings is 1. The highest BCUT2D eigenvalue weighted by Crippen LogP contribution is 2.26. The third kappa shape index (κ3) is 2.15. The predicted octanol–water partition coefficient (Wildman–Crippen LogP) is 0.790. The van der Waals surface area contributed by atoms with Crippen LogP contribution in [-0.4, -0.2) is 23.7 Å². The van der Waals surface area contributed by atoms with E-state index < -0.39 is 6.10 Å². The first-order valence-corrected chi connectivity index (χ1v) is 4.87. The first kappa shape index (κ1) is 10.1. The molecular formula is C11H12FNO2. The summed E-state index contributed by atoms with van der Waals surface area (Å²) in [5, 5.41) is 12.3. The minimum Gasteiger partial charge on any atom is -0.391 e. The molecule has 0 unspecified atom stereocenters. The Bertz CT molecular complexity index is 363. The van der Waals surface area contributed by atoms with Crippen LogP contribution in [0.3, 0.4) is 0 Å². The van der Waals surface area contributed by atoms with Gasteiger partial charge in [-0.3, -0.25) is 4.79 Å². The SMILES string of the molecule is O=C1C[C@@H](c2ccc(F)cc2)[C@@H](O)CN1. The summed E-state index contributed by atoms with van der Waals surface area (Å²) in [7, 11) is 0.